The summed E-state index contributed by atoms with van der Waals surface area (Å²) in [5.74, 6) is 0. The summed E-state index contributed by atoms with van der Waals surface area (Å²) in [6.45, 7) is 6.14. The third-order valence-electron chi connectivity index (χ3n) is 4.94. The maximum Gasteiger partial charge on any atom is 0.209 e. The lowest BCUT2D eigenvalue weighted by molar-refractivity contribution is 0.545. The zero-order valence-electron chi connectivity index (χ0n) is 15.6. The van der Waals surface area contributed by atoms with Crippen molar-refractivity contribution in [3.05, 3.63) is 60.7 Å². The van der Waals surface area contributed by atoms with E-state index in [0.717, 1.165) is 24.9 Å². The number of hydrogen-bond donors (Lipinski definition) is 2. The molecule has 136 valence electrons. The fourth-order valence-corrected chi connectivity index (χ4v) is 13.3. The molecule has 0 fully saturated rings. The number of benzene rings is 2. The first-order valence-corrected chi connectivity index (χ1v) is 14.5. The van der Waals surface area contributed by atoms with Crippen LogP contribution in [0.1, 0.15) is 12.8 Å². The molecule has 2 aromatic carbocycles. The minimum atomic E-state index is -2.07. The normalized spacial score (nSPS) is 16.2. The molecule has 0 radical (unpaired) electrons. The van der Waals surface area contributed by atoms with Crippen LogP contribution >= 0.6 is 0 Å². The van der Waals surface area contributed by atoms with Gasteiger partial charge in [0.15, 0.2) is 0 Å². The third kappa shape index (κ3) is 5.36. The van der Waals surface area contributed by atoms with Gasteiger partial charge in [0.2, 0.25) is 16.6 Å². The van der Waals surface area contributed by atoms with E-state index in [1.165, 1.54) is 10.4 Å². The second-order valence-corrected chi connectivity index (χ2v) is 15.0. The average molecular weight is 373 g/mol. The fourth-order valence-electron chi connectivity index (χ4n) is 3.47. The second-order valence-electron chi connectivity index (χ2n) is 7.08. The molecule has 0 heterocycles. The summed E-state index contributed by atoms with van der Waals surface area (Å²) in [6, 6.07) is 23.7. The molecule has 0 aliphatic heterocycles. The van der Waals surface area contributed by atoms with E-state index in [4.69, 9.17) is 15.6 Å². The predicted octanol–water partition coefficient (Wildman–Crippen LogP) is 2.67. The van der Waals surface area contributed by atoms with Crippen LogP contribution in [-0.4, -0.2) is 29.7 Å². The molecule has 0 aromatic heterocycles. The topological polar surface area (TPSA) is 61.3 Å². The van der Waals surface area contributed by atoms with Gasteiger partial charge in [-0.1, -0.05) is 60.7 Å². The Labute approximate surface area is 154 Å². The smallest absolute Gasteiger partial charge is 0.209 e. The molecule has 0 aliphatic rings. The molecule has 5 heteroatoms. The molecule has 2 aromatic rings. The van der Waals surface area contributed by atoms with Gasteiger partial charge in [0.05, 0.1) is 0 Å². The highest BCUT2D eigenvalue weighted by atomic mass is 28.4. The summed E-state index contributed by atoms with van der Waals surface area (Å²) >= 11 is 0. The quantitative estimate of drug-likeness (QED) is 0.630. The van der Waals surface area contributed by atoms with Crippen LogP contribution in [0, 0.1) is 0 Å². The van der Waals surface area contributed by atoms with Crippen molar-refractivity contribution in [2.24, 2.45) is 11.5 Å². The maximum atomic E-state index is 7.17. The lowest BCUT2D eigenvalue weighted by Gasteiger charge is -2.39. The summed E-state index contributed by atoms with van der Waals surface area (Å²) < 4.78 is 7.17. The Morgan fingerprint density at radius 1 is 0.680 bits per heavy atom. The summed E-state index contributed by atoms with van der Waals surface area (Å²) in [5.41, 5.74) is 11.7. The van der Waals surface area contributed by atoms with Crippen LogP contribution in [-0.2, 0) is 4.12 Å². The van der Waals surface area contributed by atoms with E-state index in [1.807, 2.05) is 0 Å². The van der Waals surface area contributed by atoms with Gasteiger partial charge in [-0.3, -0.25) is 0 Å². The van der Waals surface area contributed by atoms with Crippen molar-refractivity contribution in [3.63, 3.8) is 0 Å². The summed E-state index contributed by atoms with van der Waals surface area (Å²) in [5, 5.41) is 2.73. The molecule has 3 nitrogen and oxygen atoms in total. The van der Waals surface area contributed by atoms with Crippen LogP contribution in [0.3, 0.4) is 0 Å². The Morgan fingerprint density at radius 3 is 1.36 bits per heavy atom. The van der Waals surface area contributed by atoms with E-state index in [2.05, 4.69) is 73.8 Å². The molecule has 0 bridgehead atoms. The molecule has 0 saturated carbocycles. The van der Waals surface area contributed by atoms with Gasteiger partial charge in [-0.2, -0.15) is 0 Å². The molecule has 2 rings (SSSR count). The Morgan fingerprint density at radius 2 is 1.04 bits per heavy atom. The van der Waals surface area contributed by atoms with Crippen molar-refractivity contribution in [2.45, 2.75) is 38.0 Å². The molecule has 0 saturated heterocycles. The highest BCUT2D eigenvalue weighted by Gasteiger charge is 2.41. The Bertz CT molecular complexity index is 571. The van der Waals surface area contributed by atoms with Crippen LogP contribution in [0.15, 0.2) is 60.7 Å². The third-order valence-corrected chi connectivity index (χ3v) is 14.3. The Balaban J connectivity index is 2.38. The van der Waals surface area contributed by atoms with Gasteiger partial charge in [-0.25, -0.2) is 0 Å². The van der Waals surface area contributed by atoms with Crippen molar-refractivity contribution in [2.75, 3.05) is 13.1 Å². The van der Waals surface area contributed by atoms with Crippen LogP contribution in [0.4, 0.5) is 0 Å². The van der Waals surface area contributed by atoms with Crippen molar-refractivity contribution < 1.29 is 4.12 Å². The van der Waals surface area contributed by atoms with Gasteiger partial charge >= 0.3 is 0 Å². The number of hydrogen-bond acceptors (Lipinski definition) is 3. The van der Waals surface area contributed by atoms with Crippen LogP contribution < -0.4 is 21.8 Å². The molecular weight excluding hydrogens is 340 g/mol. The average Bonchev–Trinajstić information content (AvgIpc) is 2.66. The largest absolute Gasteiger partial charge is 0.448 e. The van der Waals surface area contributed by atoms with Crippen molar-refractivity contribution >= 4 is 27.0 Å². The van der Waals surface area contributed by atoms with Crippen LogP contribution in [0.25, 0.3) is 0 Å². The number of rotatable bonds is 10. The molecule has 0 amide bonds. The molecular formula is C20H32N2OSi2. The van der Waals surface area contributed by atoms with E-state index in [-0.39, 0.29) is 0 Å². The highest BCUT2D eigenvalue weighted by molar-refractivity contribution is 6.97. The molecule has 4 N–H and O–H groups in total. The van der Waals surface area contributed by atoms with Gasteiger partial charge in [0.25, 0.3) is 0 Å². The molecule has 2 unspecified atom stereocenters. The zero-order chi connectivity index (χ0) is 18.2. The molecule has 0 spiro atoms. The lowest BCUT2D eigenvalue weighted by Crippen LogP contribution is -2.60. The minimum absolute atomic E-state index is 0.713. The second kappa shape index (κ2) is 9.45. The SMILES string of the molecule is C[Si](CCCN)(O[Si](C)(CCCN)c1ccccc1)c1ccccc1. The van der Waals surface area contributed by atoms with Gasteiger partial charge in [0, 0.05) is 0 Å². The Kier molecular flexibility index (Phi) is 7.59. The summed E-state index contributed by atoms with van der Waals surface area (Å²) in [6.07, 6.45) is 2.02. The monoisotopic (exact) mass is 372 g/mol. The van der Waals surface area contributed by atoms with E-state index in [9.17, 15) is 0 Å². The molecule has 2 atom stereocenters. The van der Waals surface area contributed by atoms with Crippen molar-refractivity contribution in [3.8, 4) is 0 Å². The first kappa shape index (κ1) is 20.1. The Hall–Kier alpha value is -1.25. The zero-order valence-corrected chi connectivity index (χ0v) is 17.6. The first-order chi connectivity index (χ1) is 12.0. The van der Waals surface area contributed by atoms with Gasteiger partial charge in [0.1, 0.15) is 0 Å². The highest BCUT2D eigenvalue weighted by Crippen LogP contribution is 2.24. The predicted molar refractivity (Wildman–Crippen MR) is 113 cm³/mol. The summed E-state index contributed by atoms with van der Waals surface area (Å²) in [4.78, 5) is 0. The van der Waals surface area contributed by atoms with Crippen LogP contribution in [0.5, 0.6) is 0 Å². The molecule has 0 aliphatic carbocycles. The van der Waals surface area contributed by atoms with E-state index < -0.39 is 16.6 Å². The standard InChI is InChI=1S/C20H32N2OSi2/c1-24(17-9-15-21,19-11-5-3-6-12-19)23-25(2,18-10-16-22)20-13-7-4-8-14-20/h3-8,11-14H,9-10,15-18,21-22H2,1-2H3. The van der Waals surface area contributed by atoms with E-state index in [0.29, 0.717) is 13.1 Å². The summed E-state index contributed by atoms with van der Waals surface area (Å²) in [7, 11) is -4.15. The van der Waals surface area contributed by atoms with Gasteiger partial charge < -0.3 is 15.6 Å². The fraction of sp³-hybridized carbons (Fsp3) is 0.400. The van der Waals surface area contributed by atoms with Crippen molar-refractivity contribution in [1.82, 2.24) is 0 Å². The maximum absolute atomic E-state index is 7.17. The van der Waals surface area contributed by atoms with E-state index >= 15 is 0 Å². The van der Waals surface area contributed by atoms with Crippen molar-refractivity contribution in [1.29, 1.82) is 0 Å². The van der Waals surface area contributed by atoms with Crippen LogP contribution in [0.2, 0.25) is 25.2 Å². The van der Waals surface area contributed by atoms with Gasteiger partial charge in [-0.15, -0.1) is 0 Å². The lowest BCUT2D eigenvalue weighted by atomic mass is 10.4. The van der Waals surface area contributed by atoms with E-state index in [1.54, 1.807) is 0 Å². The van der Waals surface area contributed by atoms with Gasteiger partial charge in [-0.05, 0) is 61.5 Å². The minimum Gasteiger partial charge on any atom is -0.448 e. The number of nitrogens with two attached hydrogens (primary N) is 2. The molecule has 25 heavy (non-hydrogen) atoms. The first-order valence-electron chi connectivity index (χ1n) is 9.25.